The van der Waals surface area contributed by atoms with Gasteiger partial charge in [-0.3, -0.25) is 0 Å². The Hall–Kier alpha value is -0.0400. The van der Waals surface area contributed by atoms with Crippen molar-refractivity contribution in [2.45, 2.75) is 58.5 Å². The van der Waals surface area contributed by atoms with Gasteiger partial charge in [0.25, 0.3) is 0 Å². The van der Waals surface area contributed by atoms with Gasteiger partial charge in [0.2, 0.25) is 0 Å². The van der Waals surface area contributed by atoms with Gasteiger partial charge in [0.1, 0.15) is 0 Å². The highest BCUT2D eigenvalue weighted by Gasteiger charge is 2.55. The lowest BCUT2D eigenvalue weighted by Crippen LogP contribution is -2.62. The van der Waals surface area contributed by atoms with E-state index in [4.69, 9.17) is 4.74 Å². The van der Waals surface area contributed by atoms with E-state index in [1.807, 2.05) is 0 Å². The van der Waals surface area contributed by atoms with Crippen LogP contribution in [-0.4, -0.2) is 12.2 Å². The molecule has 0 bridgehead atoms. The Labute approximate surface area is 81.9 Å². The Bertz CT molecular complexity index is 191. The van der Waals surface area contributed by atoms with Crippen molar-refractivity contribution in [1.29, 1.82) is 0 Å². The minimum Gasteiger partial charge on any atom is -0.374 e. The van der Waals surface area contributed by atoms with Crippen LogP contribution in [0.1, 0.15) is 52.9 Å². The Kier molecular flexibility index (Phi) is 2.18. The number of hydrogen-bond acceptors (Lipinski definition) is 1. The van der Waals surface area contributed by atoms with Gasteiger partial charge in [-0.15, -0.1) is 0 Å². The van der Waals surface area contributed by atoms with Crippen molar-refractivity contribution >= 4 is 0 Å². The Morgan fingerprint density at radius 2 is 1.62 bits per heavy atom. The van der Waals surface area contributed by atoms with Crippen molar-refractivity contribution in [2.24, 2.45) is 11.3 Å². The van der Waals surface area contributed by atoms with Crippen molar-refractivity contribution in [3.05, 3.63) is 0 Å². The van der Waals surface area contributed by atoms with Crippen LogP contribution in [0.25, 0.3) is 0 Å². The molecule has 0 amide bonds. The minimum absolute atomic E-state index is 0.188. The summed E-state index contributed by atoms with van der Waals surface area (Å²) in [4.78, 5) is 0. The molecule has 0 aromatic carbocycles. The normalized spacial score (nSPS) is 39.9. The van der Waals surface area contributed by atoms with Gasteiger partial charge in [-0.2, -0.15) is 0 Å². The van der Waals surface area contributed by atoms with Crippen LogP contribution >= 0.6 is 0 Å². The van der Waals surface area contributed by atoms with Gasteiger partial charge < -0.3 is 4.74 Å². The largest absolute Gasteiger partial charge is 0.374 e. The third-order valence-electron chi connectivity index (χ3n) is 4.46. The van der Waals surface area contributed by atoms with Crippen LogP contribution in [0.15, 0.2) is 0 Å². The van der Waals surface area contributed by atoms with Gasteiger partial charge in [0, 0.05) is 5.41 Å². The maximum Gasteiger partial charge on any atom is 0.0755 e. The molecule has 0 aromatic rings. The van der Waals surface area contributed by atoms with Crippen molar-refractivity contribution in [1.82, 2.24) is 0 Å². The first kappa shape index (κ1) is 9.51. The second-order valence-corrected chi connectivity index (χ2v) is 5.61. The van der Waals surface area contributed by atoms with Gasteiger partial charge in [-0.25, -0.2) is 0 Å². The quantitative estimate of drug-likeness (QED) is 0.604. The zero-order chi connectivity index (χ0) is 9.53. The SMILES string of the molecule is CC1(C)COC1(C)C1CCCCC1. The van der Waals surface area contributed by atoms with Crippen LogP contribution in [-0.2, 0) is 4.74 Å². The molecule has 0 radical (unpaired) electrons. The summed E-state index contributed by atoms with van der Waals surface area (Å²) >= 11 is 0. The number of ether oxygens (including phenoxy) is 1. The predicted octanol–water partition coefficient (Wildman–Crippen LogP) is 3.38. The lowest BCUT2D eigenvalue weighted by Gasteiger charge is -2.58. The highest BCUT2D eigenvalue weighted by atomic mass is 16.5. The van der Waals surface area contributed by atoms with E-state index in [0.29, 0.717) is 5.41 Å². The molecule has 1 atom stereocenters. The first-order chi connectivity index (χ1) is 6.06. The molecule has 0 N–H and O–H groups in total. The maximum atomic E-state index is 5.87. The van der Waals surface area contributed by atoms with Crippen molar-refractivity contribution in [2.75, 3.05) is 6.61 Å². The summed E-state index contributed by atoms with van der Waals surface area (Å²) in [5.41, 5.74) is 0.600. The third kappa shape index (κ3) is 1.32. The standard InChI is InChI=1S/C12H22O/c1-11(2)9-13-12(11,3)10-7-5-4-6-8-10/h10H,4-9H2,1-3H3. The van der Waals surface area contributed by atoms with Gasteiger partial charge in [0.15, 0.2) is 0 Å². The van der Waals surface area contributed by atoms with E-state index in [1.165, 1.54) is 32.1 Å². The lowest BCUT2D eigenvalue weighted by atomic mass is 9.61. The van der Waals surface area contributed by atoms with Crippen LogP contribution < -0.4 is 0 Å². The van der Waals surface area contributed by atoms with Crippen LogP contribution in [0.2, 0.25) is 0 Å². The summed E-state index contributed by atoms with van der Waals surface area (Å²) in [6, 6.07) is 0. The summed E-state index contributed by atoms with van der Waals surface area (Å²) in [7, 11) is 0. The zero-order valence-corrected chi connectivity index (χ0v) is 9.23. The highest BCUT2D eigenvalue weighted by molar-refractivity contribution is 5.03. The molecule has 2 fully saturated rings. The molecule has 1 nitrogen and oxygen atoms in total. The molecule has 1 saturated carbocycles. The molecular formula is C12H22O. The van der Waals surface area contributed by atoms with Gasteiger partial charge in [-0.05, 0) is 25.7 Å². The van der Waals surface area contributed by atoms with E-state index in [-0.39, 0.29) is 5.60 Å². The van der Waals surface area contributed by atoms with Crippen molar-refractivity contribution in [3.63, 3.8) is 0 Å². The van der Waals surface area contributed by atoms with Crippen LogP contribution in [0.3, 0.4) is 0 Å². The molecule has 0 spiro atoms. The molecule has 1 heteroatoms. The second-order valence-electron chi connectivity index (χ2n) is 5.61. The third-order valence-corrected chi connectivity index (χ3v) is 4.46. The van der Waals surface area contributed by atoms with E-state index in [0.717, 1.165) is 12.5 Å². The average molecular weight is 182 g/mol. The Balaban J connectivity index is 2.06. The summed E-state index contributed by atoms with van der Waals surface area (Å²) < 4.78 is 5.87. The molecule has 0 aromatic heterocycles. The van der Waals surface area contributed by atoms with Gasteiger partial charge in [0.05, 0.1) is 12.2 Å². The molecule has 1 unspecified atom stereocenters. The van der Waals surface area contributed by atoms with Crippen LogP contribution in [0, 0.1) is 11.3 Å². The number of hydrogen-bond donors (Lipinski definition) is 0. The first-order valence-electron chi connectivity index (χ1n) is 5.70. The highest BCUT2D eigenvalue weighted by Crippen LogP contribution is 2.52. The fourth-order valence-electron chi connectivity index (χ4n) is 2.91. The fraction of sp³-hybridized carbons (Fsp3) is 1.00. The maximum absolute atomic E-state index is 5.87. The van der Waals surface area contributed by atoms with Gasteiger partial charge in [-0.1, -0.05) is 33.1 Å². The molecular weight excluding hydrogens is 160 g/mol. The fourth-order valence-corrected chi connectivity index (χ4v) is 2.91. The van der Waals surface area contributed by atoms with E-state index in [2.05, 4.69) is 20.8 Å². The molecule has 1 heterocycles. The summed E-state index contributed by atoms with van der Waals surface area (Å²) in [6.45, 7) is 7.99. The Morgan fingerprint density at radius 3 is 2.00 bits per heavy atom. The Morgan fingerprint density at radius 1 is 1.00 bits per heavy atom. The van der Waals surface area contributed by atoms with E-state index in [1.54, 1.807) is 0 Å². The van der Waals surface area contributed by atoms with Crippen molar-refractivity contribution in [3.8, 4) is 0 Å². The van der Waals surface area contributed by atoms with E-state index in [9.17, 15) is 0 Å². The summed E-state index contributed by atoms with van der Waals surface area (Å²) in [6.07, 6.45) is 7.05. The number of rotatable bonds is 1. The average Bonchev–Trinajstić information content (AvgIpc) is 2.16. The molecule has 2 rings (SSSR count). The molecule has 76 valence electrons. The summed E-state index contributed by atoms with van der Waals surface area (Å²) in [5, 5.41) is 0. The molecule has 2 aliphatic rings. The topological polar surface area (TPSA) is 9.23 Å². The molecule has 1 aliphatic carbocycles. The minimum atomic E-state index is 0.188. The van der Waals surface area contributed by atoms with E-state index >= 15 is 0 Å². The molecule has 1 saturated heterocycles. The predicted molar refractivity (Wildman–Crippen MR) is 54.7 cm³/mol. The van der Waals surface area contributed by atoms with E-state index < -0.39 is 0 Å². The van der Waals surface area contributed by atoms with Gasteiger partial charge >= 0.3 is 0 Å². The summed E-state index contributed by atoms with van der Waals surface area (Å²) in [5.74, 6) is 0.824. The van der Waals surface area contributed by atoms with Crippen LogP contribution in [0.4, 0.5) is 0 Å². The van der Waals surface area contributed by atoms with Crippen LogP contribution in [0.5, 0.6) is 0 Å². The first-order valence-corrected chi connectivity index (χ1v) is 5.70. The molecule has 1 aliphatic heterocycles. The van der Waals surface area contributed by atoms with Crippen molar-refractivity contribution < 1.29 is 4.74 Å². The zero-order valence-electron chi connectivity index (χ0n) is 9.23. The smallest absolute Gasteiger partial charge is 0.0755 e. The molecule has 13 heavy (non-hydrogen) atoms. The second kappa shape index (κ2) is 2.98. The monoisotopic (exact) mass is 182 g/mol. The lowest BCUT2D eigenvalue weighted by molar-refractivity contribution is -0.272.